The Hall–Kier alpha value is -2.56. The second kappa shape index (κ2) is 6.01. The lowest BCUT2D eigenvalue weighted by atomic mass is 10.1. The van der Waals surface area contributed by atoms with E-state index in [1.165, 1.54) is 4.63 Å². The average Bonchev–Trinajstić information content (AvgIpc) is 3.27. The summed E-state index contributed by atoms with van der Waals surface area (Å²) < 4.78 is 26.8. The number of anilines is 1. The fraction of sp³-hybridized carbons (Fsp3) is 0.533. The molecule has 1 aliphatic heterocycles. The summed E-state index contributed by atoms with van der Waals surface area (Å²) in [5, 5.41) is 20.3. The molecule has 1 aliphatic rings. The summed E-state index contributed by atoms with van der Waals surface area (Å²) in [5.41, 5.74) is 3.57. The van der Waals surface area contributed by atoms with E-state index >= 15 is 0 Å². The molecule has 1 saturated heterocycles. The van der Waals surface area contributed by atoms with Crippen LogP contribution >= 0.6 is 0 Å². The maximum absolute atomic E-state index is 11.8. The number of hydrogen-bond acceptors (Lipinski definition) is 8. The van der Waals surface area contributed by atoms with Gasteiger partial charge in [0.05, 0.1) is 23.2 Å². The van der Waals surface area contributed by atoms with Gasteiger partial charge in [-0.25, -0.2) is 8.42 Å². The van der Waals surface area contributed by atoms with Crippen LogP contribution in [-0.2, 0) is 16.4 Å². The van der Waals surface area contributed by atoms with Crippen LogP contribution in [0.3, 0.4) is 0 Å². The average molecular weight is 376 g/mol. The molecule has 0 saturated carbocycles. The largest absolute Gasteiger partial charge is 0.354 e. The van der Waals surface area contributed by atoms with E-state index in [9.17, 15) is 8.42 Å². The van der Waals surface area contributed by atoms with E-state index in [2.05, 4.69) is 25.7 Å². The van der Waals surface area contributed by atoms with Crippen LogP contribution in [0.15, 0.2) is 12.1 Å². The molecule has 0 N–H and O–H groups in total. The number of nitrogens with zero attached hydrogens (tertiary/aromatic N) is 8. The predicted octanol–water partition coefficient (Wildman–Crippen LogP) is 0.329. The number of sulfone groups is 1. The highest BCUT2D eigenvalue weighted by Gasteiger charge is 2.31. The number of aromatic nitrogens is 7. The normalized spacial score (nSPS) is 19.3. The van der Waals surface area contributed by atoms with Crippen molar-refractivity contribution in [3.05, 3.63) is 29.1 Å². The lowest BCUT2D eigenvalue weighted by molar-refractivity contribution is 0.485. The van der Waals surface area contributed by atoms with Gasteiger partial charge in [-0.15, -0.1) is 14.8 Å². The third-order valence-corrected chi connectivity index (χ3v) is 6.62. The highest BCUT2D eigenvalue weighted by molar-refractivity contribution is 7.91. The molecule has 0 radical (unpaired) electrons. The van der Waals surface area contributed by atoms with E-state index in [1.807, 2.05) is 42.6 Å². The standard InChI is InChI=1S/C15H20N8O2S/c1-10-13(11(2)22(17-10)12-6-7-26(24,25)9-12)8-21(3)15-5-4-14-16-19-20-23(14)18-15/h4-5,12H,6-9H2,1-3H3/t12-/m0/s1. The van der Waals surface area contributed by atoms with E-state index in [0.29, 0.717) is 18.6 Å². The Bertz CT molecular complexity index is 1070. The smallest absolute Gasteiger partial charge is 0.200 e. The van der Waals surface area contributed by atoms with Crippen molar-refractivity contribution in [2.75, 3.05) is 23.5 Å². The summed E-state index contributed by atoms with van der Waals surface area (Å²) in [6.07, 6.45) is 0.622. The summed E-state index contributed by atoms with van der Waals surface area (Å²) in [7, 11) is -1.01. The van der Waals surface area contributed by atoms with E-state index in [1.54, 1.807) is 0 Å². The van der Waals surface area contributed by atoms with Crippen LogP contribution in [0.1, 0.15) is 29.4 Å². The molecule has 0 bridgehead atoms. The Labute approximate surface area is 150 Å². The van der Waals surface area contributed by atoms with Crippen LogP contribution in [0, 0.1) is 13.8 Å². The Morgan fingerprint density at radius 1 is 1.27 bits per heavy atom. The Balaban J connectivity index is 1.59. The van der Waals surface area contributed by atoms with Gasteiger partial charge in [0.25, 0.3) is 0 Å². The van der Waals surface area contributed by atoms with Crippen molar-refractivity contribution in [1.82, 2.24) is 35.0 Å². The molecular formula is C15H20N8O2S. The first-order valence-electron chi connectivity index (χ1n) is 8.35. The van der Waals surface area contributed by atoms with Crippen molar-refractivity contribution >= 4 is 21.3 Å². The van der Waals surface area contributed by atoms with E-state index < -0.39 is 9.84 Å². The molecule has 0 aromatic carbocycles. The molecule has 4 rings (SSSR count). The Morgan fingerprint density at radius 3 is 2.81 bits per heavy atom. The van der Waals surface area contributed by atoms with Crippen LogP contribution in [0.5, 0.6) is 0 Å². The van der Waals surface area contributed by atoms with E-state index in [0.717, 1.165) is 22.8 Å². The number of tetrazole rings is 1. The van der Waals surface area contributed by atoms with Crippen molar-refractivity contribution in [2.24, 2.45) is 0 Å². The fourth-order valence-electron chi connectivity index (χ4n) is 3.41. The molecule has 1 fully saturated rings. The molecule has 4 heterocycles. The van der Waals surface area contributed by atoms with Gasteiger partial charge in [-0.05, 0) is 42.8 Å². The van der Waals surface area contributed by atoms with Gasteiger partial charge in [0.15, 0.2) is 21.3 Å². The van der Waals surface area contributed by atoms with Gasteiger partial charge in [-0.3, -0.25) is 4.68 Å². The molecule has 26 heavy (non-hydrogen) atoms. The molecule has 10 nitrogen and oxygen atoms in total. The first-order chi connectivity index (χ1) is 12.3. The van der Waals surface area contributed by atoms with Crippen molar-refractivity contribution in [2.45, 2.75) is 32.9 Å². The quantitative estimate of drug-likeness (QED) is 0.640. The molecule has 0 aliphatic carbocycles. The summed E-state index contributed by atoms with van der Waals surface area (Å²) in [5.74, 6) is 1.14. The molecule has 0 spiro atoms. The topological polar surface area (TPSA) is 111 Å². The minimum absolute atomic E-state index is 0.0755. The molecule has 138 valence electrons. The zero-order chi connectivity index (χ0) is 18.5. The zero-order valence-corrected chi connectivity index (χ0v) is 15.7. The van der Waals surface area contributed by atoms with Crippen LogP contribution in [0.4, 0.5) is 5.82 Å². The molecule has 0 amide bonds. The maximum Gasteiger partial charge on any atom is 0.200 e. The Kier molecular flexibility index (Phi) is 3.90. The van der Waals surface area contributed by atoms with E-state index in [4.69, 9.17) is 0 Å². The van der Waals surface area contributed by atoms with Gasteiger partial charge in [-0.2, -0.15) is 5.10 Å². The van der Waals surface area contributed by atoms with Gasteiger partial charge < -0.3 is 4.90 Å². The van der Waals surface area contributed by atoms with E-state index in [-0.39, 0.29) is 17.5 Å². The molecule has 3 aromatic heterocycles. The summed E-state index contributed by atoms with van der Waals surface area (Å²) in [4.78, 5) is 1.99. The second-order valence-corrected chi connectivity index (χ2v) is 8.95. The third-order valence-electron chi connectivity index (χ3n) is 4.87. The SMILES string of the molecule is Cc1nn([C@H]2CCS(=O)(=O)C2)c(C)c1CN(C)c1ccc2nnnn2n1. The zero-order valence-electron chi connectivity index (χ0n) is 14.9. The van der Waals surface area contributed by atoms with Crippen LogP contribution in [0.25, 0.3) is 5.65 Å². The van der Waals surface area contributed by atoms with Crippen LogP contribution in [0.2, 0.25) is 0 Å². The monoisotopic (exact) mass is 376 g/mol. The summed E-state index contributed by atoms with van der Waals surface area (Å²) in [6, 6.07) is 3.60. The number of aryl methyl sites for hydroxylation is 1. The minimum atomic E-state index is -2.95. The maximum atomic E-state index is 11.8. The minimum Gasteiger partial charge on any atom is -0.354 e. The molecule has 11 heteroatoms. The lowest BCUT2D eigenvalue weighted by Crippen LogP contribution is -2.20. The highest BCUT2D eigenvalue weighted by Crippen LogP contribution is 2.27. The number of hydrogen-bond donors (Lipinski definition) is 0. The van der Waals surface area contributed by atoms with Crippen LogP contribution in [-0.4, -0.2) is 62.0 Å². The lowest BCUT2D eigenvalue weighted by Gasteiger charge is -2.18. The molecule has 1 atom stereocenters. The second-order valence-electron chi connectivity index (χ2n) is 6.72. The van der Waals surface area contributed by atoms with Crippen molar-refractivity contribution < 1.29 is 8.42 Å². The first-order valence-corrected chi connectivity index (χ1v) is 10.2. The Morgan fingerprint density at radius 2 is 2.08 bits per heavy atom. The van der Waals surface area contributed by atoms with Crippen molar-refractivity contribution in [3.63, 3.8) is 0 Å². The van der Waals surface area contributed by atoms with Crippen LogP contribution < -0.4 is 4.90 Å². The molecular weight excluding hydrogens is 356 g/mol. The van der Waals surface area contributed by atoms with Gasteiger partial charge >= 0.3 is 0 Å². The van der Waals surface area contributed by atoms with Gasteiger partial charge in [0, 0.05) is 24.8 Å². The van der Waals surface area contributed by atoms with Crippen molar-refractivity contribution in [3.8, 4) is 0 Å². The number of rotatable bonds is 4. The molecule has 0 unspecified atom stereocenters. The summed E-state index contributed by atoms with van der Waals surface area (Å²) in [6.45, 7) is 4.55. The van der Waals surface area contributed by atoms with Gasteiger partial charge in [0.1, 0.15) is 0 Å². The predicted molar refractivity (Wildman–Crippen MR) is 94.7 cm³/mol. The third kappa shape index (κ3) is 2.91. The first kappa shape index (κ1) is 16.9. The summed E-state index contributed by atoms with van der Waals surface area (Å²) >= 11 is 0. The number of fused-ring (bicyclic) bond motifs is 1. The fourth-order valence-corrected chi connectivity index (χ4v) is 5.10. The van der Waals surface area contributed by atoms with Crippen molar-refractivity contribution in [1.29, 1.82) is 0 Å². The highest BCUT2D eigenvalue weighted by atomic mass is 32.2. The van der Waals surface area contributed by atoms with Gasteiger partial charge in [0.2, 0.25) is 0 Å². The van der Waals surface area contributed by atoms with Gasteiger partial charge in [-0.1, -0.05) is 0 Å². The molecule has 3 aromatic rings.